The third-order valence-electron chi connectivity index (χ3n) is 2.47. The van der Waals surface area contributed by atoms with E-state index in [1.54, 1.807) is 6.07 Å². The van der Waals surface area contributed by atoms with Gasteiger partial charge in [0.15, 0.2) is 0 Å². The van der Waals surface area contributed by atoms with Gasteiger partial charge < -0.3 is 10.7 Å². The number of aromatic nitrogens is 2. The maximum atomic E-state index is 13.6. The average molecular weight is 235 g/mol. The van der Waals surface area contributed by atoms with Crippen molar-refractivity contribution in [2.75, 3.05) is 0 Å². The molecule has 1 heterocycles. The first-order chi connectivity index (χ1) is 8.02. The number of benzene rings is 1. The zero-order valence-corrected chi connectivity index (χ0v) is 9.03. The number of primary amides is 1. The Hall–Kier alpha value is -2.37. The first-order valence-electron chi connectivity index (χ1n) is 4.88. The van der Waals surface area contributed by atoms with Crippen molar-refractivity contribution in [2.45, 2.75) is 6.92 Å². The average Bonchev–Trinajstić information content (AvgIpc) is 2.56. The summed E-state index contributed by atoms with van der Waals surface area (Å²) in [6, 6.07) is 5.79. The maximum absolute atomic E-state index is 13.6. The molecule has 0 fully saturated rings. The number of hydrogen-bond acceptors (Lipinski definition) is 2. The molecule has 0 radical (unpaired) electrons. The molecule has 3 N–H and O–H groups in total. The van der Waals surface area contributed by atoms with Gasteiger partial charge in [-0.15, -0.1) is 0 Å². The summed E-state index contributed by atoms with van der Waals surface area (Å²) in [4.78, 5) is 25.0. The first-order valence-corrected chi connectivity index (χ1v) is 4.88. The molecule has 6 heteroatoms. The van der Waals surface area contributed by atoms with Gasteiger partial charge in [0.05, 0.1) is 11.4 Å². The number of carbonyl (C=O) groups excluding carboxylic acids is 1. The number of para-hydroxylation sites is 1. The van der Waals surface area contributed by atoms with E-state index in [2.05, 4.69) is 4.98 Å². The molecule has 5 nitrogen and oxygen atoms in total. The molecule has 0 bridgehead atoms. The number of hydrogen-bond donors (Lipinski definition) is 2. The summed E-state index contributed by atoms with van der Waals surface area (Å²) in [6.45, 7) is 1.52. The van der Waals surface area contributed by atoms with E-state index in [0.29, 0.717) is 0 Å². The van der Waals surface area contributed by atoms with Gasteiger partial charge in [-0.25, -0.2) is 9.18 Å². The molecule has 0 unspecified atom stereocenters. The minimum atomic E-state index is -0.755. The summed E-state index contributed by atoms with van der Waals surface area (Å²) in [5.74, 6) is -1.30. The molecule has 0 aliphatic carbocycles. The minimum Gasteiger partial charge on any atom is -0.364 e. The van der Waals surface area contributed by atoms with E-state index in [0.717, 1.165) is 4.57 Å². The largest absolute Gasteiger partial charge is 0.364 e. The molecule has 0 saturated carbocycles. The van der Waals surface area contributed by atoms with E-state index in [1.165, 1.54) is 25.1 Å². The van der Waals surface area contributed by atoms with Crippen LogP contribution in [-0.4, -0.2) is 15.5 Å². The number of H-pyrrole nitrogens is 1. The number of imidazole rings is 1. The molecule has 0 aliphatic rings. The van der Waals surface area contributed by atoms with Gasteiger partial charge in [-0.3, -0.25) is 9.36 Å². The number of amides is 1. The highest BCUT2D eigenvalue weighted by Crippen LogP contribution is 2.14. The van der Waals surface area contributed by atoms with E-state index in [9.17, 15) is 14.0 Å². The van der Waals surface area contributed by atoms with Crippen molar-refractivity contribution in [1.29, 1.82) is 0 Å². The molecule has 1 aromatic carbocycles. The van der Waals surface area contributed by atoms with Gasteiger partial charge in [-0.1, -0.05) is 12.1 Å². The molecule has 0 atom stereocenters. The Labute approximate surface area is 95.7 Å². The summed E-state index contributed by atoms with van der Waals surface area (Å²) >= 11 is 0. The van der Waals surface area contributed by atoms with E-state index in [-0.39, 0.29) is 17.1 Å². The van der Waals surface area contributed by atoms with Crippen LogP contribution >= 0.6 is 0 Å². The van der Waals surface area contributed by atoms with Crippen molar-refractivity contribution in [3.8, 4) is 5.69 Å². The zero-order chi connectivity index (χ0) is 12.6. The summed E-state index contributed by atoms with van der Waals surface area (Å²) < 4.78 is 14.6. The fourth-order valence-corrected chi connectivity index (χ4v) is 1.68. The molecular weight excluding hydrogens is 225 g/mol. The van der Waals surface area contributed by atoms with Gasteiger partial charge in [0.25, 0.3) is 5.91 Å². The van der Waals surface area contributed by atoms with Gasteiger partial charge in [0, 0.05) is 0 Å². The first kappa shape index (κ1) is 11.1. The summed E-state index contributed by atoms with van der Waals surface area (Å²) in [6.07, 6.45) is 0. The van der Waals surface area contributed by atoms with Crippen LogP contribution in [0.1, 0.15) is 16.2 Å². The Balaban J connectivity index is 2.73. The SMILES string of the molecule is Cc1c(C(N)=O)[nH]c(=O)n1-c1ccccc1F. The van der Waals surface area contributed by atoms with E-state index in [4.69, 9.17) is 5.73 Å². The Morgan fingerprint density at radius 2 is 2.06 bits per heavy atom. The lowest BCUT2D eigenvalue weighted by molar-refractivity contribution is 0.0995. The second kappa shape index (κ2) is 3.89. The van der Waals surface area contributed by atoms with Crippen molar-refractivity contribution >= 4 is 5.91 Å². The highest BCUT2D eigenvalue weighted by Gasteiger charge is 2.17. The lowest BCUT2D eigenvalue weighted by atomic mass is 10.2. The Morgan fingerprint density at radius 1 is 1.41 bits per heavy atom. The number of halogens is 1. The van der Waals surface area contributed by atoms with Crippen molar-refractivity contribution in [2.24, 2.45) is 5.73 Å². The quantitative estimate of drug-likeness (QED) is 0.803. The zero-order valence-electron chi connectivity index (χ0n) is 9.03. The maximum Gasteiger partial charge on any atom is 0.331 e. The van der Waals surface area contributed by atoms with E-state index < -0.39 is 17.4 Å². The van der Waals surface area contributed by atoms with Crippen LogP contribution in [0.3, 0.4) is 0 Å². The monoisotopic (exact) mass is 235 g/mol. The van der Waals surface area contributed by atoms with Gasteiger partial charge >= 0.3 is 5.69 Å². The lowest BCUT2D eigenvalue weighted by Crippen LogP contribution is -2.17. The smallest absolute Gasteiger partial charge is 0.331 e. The van der Waals surface area contributed by atoms with E-state index in [1.807, 2.05) is 0 Å². The molecule has 17 heavy (non-hydrogen) atoms. The topological polar surface area (TPSA) is 80.9 Å². The Morgan fingerprint density at radius 3 is 2.59 bits per heavy atom. The fraction of sp³-hybridized carbons (Fsp3) is 0.0909. The third kappa shape index (κ3) is 1.73. The Kier molecular flexibility index (Phi) is 2.55. The van der Waals surface area contributed by atoms with Crippen LogP contribution < -0.4 is 11.4 Å². The second-order valence-electron chi connectivity index (χ2n) is 3.54. The molecular formula is C11H10FN3O2. The number of nitrogens with one attached hydrogen (secondary N) is 1. The van der Waals surface area contributed by atoms with Crippen LogP contribution in [0.15, 0.2) is 29.1 Å². The molecule has 88 valence electrons. The van der Waals surface area contributed by atoms with Crippen LogP contribution in [0.25, 0.3) is 5.69 Å². The number of carbonyl (C=O) groups is 1. The second-order valence-corrected chi connectivity index (χ2v) is 3.54. The van der Waals surface area contributed by atoms with Crippen LogP contribution in [0.5, 0.6) is 0 Å². The fourth-order valence-electron chi connectivity index (χ4n) is 1.68. The van der Waals surface area contributed by atoms with Crippen LogP contribution in [0, 0.1) is 12.7 Å². The number of nitrogens with zero attached hydrogens (tertiary/aromatic N) is 1. The molecule has 2 rings (SSSR count). The van der Waals surface area contributed by atoms with Crippen LogP contribution in [0.4, 0.5) is 4.39 Å². The van der Waals surface area contributed by atoms with Gasteiger partial charge in [-0.2, -0.15) is 0 Å². The van der Waals surface area contributed by atoms with Crippen LogP contribution in [0.2, 0.25) is 0 Å². The Bertz CT molecular complexity index is 642. The molecule has 0 aliphatic heterocycles. The van der Waals surface area contributed by atoms with Crippen molar-refractivity contribution < 1.29 is 9.18 Å². The van der Waals surface area contributed by atoms with Gasteiger partial charge in [0.2, 0.25) is 0 Å². The van der Waals surface area contributed by atoms with Gasteiger partial charge in [0.1, 0.15) is 11.5 Å². The van der Waals surface area contributed by atoms with Crippen molar-refractivity contribution in [3.05, 3.63) is 52.0 Å². The van der Waals surface area contributed by atoms with E-state index >= 15 is 0 Å². The van der Waals surface area contributed by atoms with Crippen molar-refractivity contribution in [3.63, 3.8) is 0 Å². The third-order valence-corrected chi connectivity index (χ3v) is 2.47. The molecule has 2 aromatic rings. The summed E-state index contributed by atoms with van der Waals surface area (Å²) in [7, 11) is 0. The highest BCUT2D eigenvalue weighted by atomic mass is 19.1. The lowest BCUT2D eigenvalue weighted by Gasteiger charge is -2.05. The number of rotatable bonds is 2. The summed E-state index contributed by atoms with van der Waals surface area (Å²) in [5.41, 5.74) is 4.85. The molecule has 0 spiro atoms. The molecule has 1 aromatic heterocycles. The minimum absolute atomic E-state index is 0.0155. The van der Waals surface area contributed by atoms with Crippen LogP contribution in [-0.2, 0) is 0 Å². The molecule has 0 saturated heterocycles. The summed E-state index contributed by atoms with van der Waals surface area (Å²) in [5, 5.41) is 0. The number of aromatic amines is 1. The van der Waals surface area contributed by atoms with Gasteiger partial charge in [-0.05, 0) is 19.1 Å². The normalized spacial score (nSPS) is 10.5. The molecule has 1 amide bonds. The predicted octanol–water partition coefficient (Wildman–Crippen LogP) is 0.712. The highest BCUT2D eigenvalue weighted by molar-refractivity contribution is 5.92. The van der Waals surface area contributed by atoms with Crippen molar-refractivity contribution in [1.82, 2.24) is 9.55 Å². The number of nitrogens with two attached hydrogens (primary N) is 1. The standard InChI is InChI=1S/C11H10FN3O2/c1-6-9(10(13)16)14-11(17)15(6)8-5-3-2-4-7(8)12/h2-5H,1H3,(H2,13,16)(H,14,17). The predicted molar refractivity (Wildman–Crippen MR) is 59.6 cm³/mol.